The number of amides is 1. The number of anilines is 1. The fourth-order valence-electron chi connectivity index (χ4n) is 3.64. The van der Waals surface area contributed by atoms with Crippen LogP contribution >= 0.6 is 11.3 Å². The Kier molecular flexibility index (Phi) is 5.61. The maximum absolute atomic E-state index is 13.0. The molecule has 0 aromatic carbocycles. The van der Waals surface area contributed by atoms with E-state index < -0.39 is 10.0 Å². The summed E-state index contributed by atoms with van der Waals surface area (Å²) in [6.07, 6.45) is 3.66. The summed E-state index contributed by atoms with van der Waals surface area (Å²) in [5.74, 6) is 0.267. The molecular formula is C21H25N5O3S2. The fraction of sp³-hybridized carbons (Fsp3) is 0.381. The minimum atomic E-state index is -3.83. The summed E-state index contributed by atoms with van der Waals surface area (Å²) in [6, 6.07) is 5.03. The molecule has 0 unspecified atom stereocenters. The molecule has 4 heterocycles. The molecule has 8 nitrogen and oxygen atoms in total. The van der Waals surface area contributed by atoms with E-state index in [1.165, 1.54) is 11.3 Å². The van der Waals surface area contributed by atoms with Gasteiger partial charge in [0.2, 0.25) is 0 Å². The Morgan fingerprint density at radius 2 is 1.87 bits per heavy atom. The topological polar surface area (TPSA) is 97.2 Å². The number of aromatic nitrogens is 3. The number of carbonyl (C=O) groups excluding carboxylic acids is 1. The predicted octanol–water partition coefficient (Wildman–Crippen LogP) is 3.51. The van der Waals surface area contributed by atoms with Crippen LogP contribution in [0.15, 0.2) is 29.3 Å². The van der Waals surface area contributed by atoms with Gasteiger partial charge >= 0.3 is 0 Å². The molecule has 0 spiro atoms. The van der Waals surface area contributed by atoms with Gasteiger partial charge < -0.3 is 9.47 Å². The molecule has 1 aliphatic rings. The van der Waals surface area contributed by atoms with Gasteiger partial charge in [-0.3, -0.25) is 9.52 Å². The third-order valence-corrected chi connectivity index (χ3v) is 8.17. The second kappa shape index (κ2) is 8.08. The molecule has 0 aliphatic carbocycles. The summed E-state index contributed by atoms with van der Waals surface area (Å²) in [5, 5.41) is 0.626. The molecule has 0 bridgehead atoms. The van der Waals surface area contributed by atoms with Crippen LogP contribution in [-0.4, -0.2) is 46.8 Å². The van der Waals surface area contributed by atoms with Crippen LogP contribution in [0.2, 0.25) is 0 Å². The van der Waals surface area contributed by atoms with Gasteiger partial charge in [-0.05, 0) is 51.3 Å². The summed E-state index contributed by atoms with van der Waals surface area (Å²) < 4.78 is 30.4. The first-order valence-corrected chi connectivity index (χ1v) is 12.4. The summed E-state index contributed by atoms with van der Waals surface area (Å²) in [4.78, 5) is 24.2. The van der Waals surface area contributed by atoms with Crippen LogP contribution in [0.3, 0.4) is 0 Å². The number of rotatable bonds is 5. The van der Waals surface area contributed by atoms with Crippen LogP contribution in [0.5, 0.6) is 0 Å². The van der Waals surface area contributed by atoms with E-state index >= 15 is 0 Å². The number of nitrogens with one attached hydrogen (secondary N) is 1. The van der Waals surface area contributed by atoms with E-state index in [2.05, 4.69) is 14.7 Å². The minimum Gasteiger partial charge on any atom is -0.345 e. The van der Waals surface area contributed by atoms with Crippen molar-refractivity contribution in [1.29, 1.82) is 0 Å². The Balaban J connectivity index is 1.67. The number of sulfonamides is 1. The van der Waals surface area contributed by atoms with Crippen molar-refractivity contribution < 1.29 is 13.2 Å². The van der Waals surface area contributed by atoms with Gasteiger partial charge in [0.25, 0.3) is 15.9 Å². The monoisotopic (exact) mass is 459 g/mol. The zero-order valence-corrected chi connectivity index (χ0v) is 19.6. The molecule has 0 radical (unpaired) electrons. The second-order valence-corrected chi connectivity index (χ2v) is 10.4. The Hall–Kier alpha value is -2.72. The highest BCUT2D eigenvalue weighted by atomic mass is 32.2. The molecule has 1 amide bonds. The molecule has 1 fully saturated rings. The molecule has 1 N–H and O–H groups in total. The third-order valence-electron chi connectivity index (χ3n) is 5.53. The second-order valence-electron chi connectivity index (χ2n) is 7.80. The first kappa shape index (κ1) is 21.5. The molecule has 3 aromatic rings. The van der Waals surface area contributed by atoms with E-state index in [1.54, 1.807) is 42.9 Å². The summed E-state index contributed by atoms with van der Waals surface area (Å²) in [7, 11) is -2.03. The Morgan fingerprint density at radius 3 is 2.52 bits per heavy atom. The van der Waals surface area contributed by atoms with Crippen molar-refractivity contribution in [2.24, 2.45) is 7.05 Å². The van der Waals surface area contributed by atoms with Crippen molar-refractivity contribution in [2.45, 2.75) is 38.5 Å². The quantitative estimate of drug-likeness (QED) is 0.630. The van der Waals surface area contributed by atoms with Gasteiger partial charge in [0.05, 0.1) is 11.4 Å². The van der Waals surface area contributed by atoms with Gasteiger partial charge in [0.15, 0.2) is 0 Å². The lowest BCUT2D eigenvalue weighted by molar-refractivity contribution is 0.0796. The molecule has 4 rings (SSSR count). The van der Waals surface area contributed by atoms with Crippen molar-refractivity contribution in [3.05, 3.63) is 46.2 Å². The third kappa shape index (κ3) is 4.09. The maximum Gasteiger partial charge on any atom is 0.265 e. The van der Waals surface area contributed by atoms with Gasteiger partial charge in [-0.1, -0.05) is 6.07 Å². The van der Waals surface area contributed by atoms with Crippen molar-refractivity contribution in [1.82, 2.24) is 19.4 Å². The highest BCUT2D eigenvalue weighted by molar-refractivity contribution is 7.92. The van der Waals surface area contributed by atoms with Crippen LogP contribution in [0.25, 0.3) is 10.7 Å². The van der Waals surface area contributed by atoms with Crippen molar-refractivity contribution >= 4 is 33.1 Å². The Labute approximate surface area is 186 Å². The molecule has 1 aliphatic heterocycles. The van der Waals surface area contributed by atoms with Crippen LogP contribution in [0, 0.1) is 20.8 Å². The molecule has 3 aromatic heterocycles. The molecule has 164 valence electrons. The summed E-state index contributed by atoms with van der Waals surface area (Å²) in [5.41, 5.74) is 2.85. The SMILES string of the molecule is Cc1ccc(NS(=O)(=O)c2cc(-c3nc(C)c(C(=O)N4CCCC4)s3)n(C)c2C)nc1. The minimum absolute atomic E-state index is 0.00429. The van der Waals surface area contributed by atoms with Gasteiger partial charge in [-0.2, -0.15) is 0 Å². The molecular weight excluding hydrogens is 434 g/mol. The predicted molar refractivity (Wildman–Crippen MR) is 121 cm³/mol. The number of likely N-dealkylation sites (tertiary alicyclic amines) is 1. The van der Waals surface area contributed by atoms with E-state index in [9.17, 15) is 13.2 Å². The molecule has 31 heavy (non-hydrogen) atoms. The first-order valence-electron chi connectivity index (χ1n) is 10.1. The molecule has 1 saturated heterocycles. The van der Waals surface area contributed by atoms with E-state index in [0.29, 0.717) is 27.0 Å². The van der Waals surface area contributed by atoms with Gasteiger partial charge in [0, 0.05) is 32.0 Å². The van der Waals surface area contributed by atoms with E-state index in [0.717, 1.165) is 31.5 Å². The average Bonchev–Trinajstić information content (AvgIpc) is 3.44. The number of nitrogens with zero attached hydrogens (tertiary/aromatic N) is 4. The lowest BCUT2D eigenvalue weighted by Gasteiger charge is -2.13. The lowest BCUT2D eigenvalue weighted by atomic mass is 10.3. The lowest BCUT2D eigenvalue weighted by Crippen LogP contribution is -2.27. The van der Waals surface area contributed by atoms with Crippen molar-refractivity contribution in [3.63, 3.8) is 0 Å². The average molecular weight is 460 g/mol. The Bertz CT molecular complexity index is 1240. The number of carbonyl (C=O) groups is 1. The van der Waals surface area contributed by atoms with Crippen molar-refractivity contribution in [3.8, 4) is 10.7 Å². The van der Waals surface area contributed by atoms with Gasteiger partial charge in [0.1, 0.15) is 20.6 Å². The highest BCUT2D eigenvalue weighted by Gasteiger charge is 2.27. The van der Waals surface area contributed by atoms with Gasteiger partial charge in [-0.25, -0.2) is 18.4 Å². The normalized spacial score (nSPS) is 14.3. The zero-order valence-electron chi connectivity index (χ0n) is 18.0. The van der Waals surface area contributed by atoms with Crippen LogP contribution in [-0.2, 0) is 17.1 Å². The Morgan fingerprint density at radius 1 is 1.16 bits per heavy atom. The zero-order chi connectivity index (χ0) is 22.3. The number of hydrogen-bond acceptors (Lipinski definition) is 6. The van der Waals surface area contributed by atoms with E-state index in [-0.39, 0.29) is 16.6 Å². The number of thiazole rings is 1. The first-order chi connectivity index (χ1) is 14.7. The van der Waals surface area contributed by atoms with E-state index in [4.69, 9.17) is 0 Å². The van der Waals surface area contributed by atoms with Crippen LogP contribution < -0.4 is 4.72 Å². The summed E-state index contributed by atoms with van der Waals surface area (Å²) >= 11 is 1.31. The van der Waals surface area contributed by atoms with E-state index in [1.807, 2.05) is 18.7 Å². The standard InChI is InChI=1S/C21H25N5O3S2/c1-13-7-8-18(22-12-13)24-31(28,29)17-11-16(25(4)15(17)3)20-23-14(2)19(30-20)21(27)26-9-5-6-10-26/h7-8,11-12H,5-6,9-10H2,1-4H3,(H,22,24). The van der Waals surface area contributed by atoms with Crippen molar-refractivity contribution in [2.75, 3.05) is 17.8 Å². The summed E-state index contributed by atoms with van der Waals surface area (Å²) in [6.45, 7) is 7.00. The molecule has 0 saturated carbocycles. The van der Waals surface area contributed by atoms with Crippen LogP contribution in [0.1, 0.15) is 39.5 Å². The fourth-order valence-corrected chi connectivity index (χ4v) is 6.02. The van der Waals surface area contributed by atoms with Crippen LogP contribution in [0.4, 0.5) is 5.82 Å². The highest BCUT2D eigenvalue weighted by Crippen LogP contribution is 2.33. The molecule has 10 heteroatoms. The smallest absolute Gasteiger partial charge is 0.265 e. The number of pyridine rings is 1. The number of aryl methyl sites for hydroxylation is 2. The maximum atomic E-state index is 13.0. The number of hydrogen-bond donors (Lipinski definition) is 1. The largest absolute Gasteiger partial charge is 0.345 e. The van der Waals surface area contributed by atoms with Gasteiger partial charge in [-0.15, -0.1) is 11.3 Å². The molecule has 0 atom stereocenters.